The lowest BCUT2D eigenvalue weighted by atomic mass is 9.98. The number of hydrogen-bond acceptors (Lipinski definition) is 2. The predicted molar refractivity (Wildman–Crippen MR) is 95.3 cm³/mol. The first-order valence-electron chi connectivity index (χ1n) is 7.34. The summed E-state index contributed by atoms with van der Waals surface area (Å²) in [5.41, 5.74) is 8.20. The monoisotopic (exact) mass is 323 g/mol. The van der Waals surface area contributed by atoms with Crippen molar-refractivity contribution in [1.82, 2.24) is 0 Å². The average Bonchev–Trinajstić information content (AvgIpc) is 2.54. The molecule has 3 aromatic rings. The molecule has 0 unspecified atom stereocenters. The van der Waals surface area contributed by atoms with Crippen molar-refractivity contribution in [3.63, 3.8) is 0 Å². The highest BCUT2D eigenvalue weighted by Crippen LogP contribution is 2.28. The van der Waals surface area contributed by atoms with Crippen LogP contribution in [0.4, 0.5) is 0 Å². The highest BCUT2D eigenvalue weighted by molar-refractivity contribution is 7.84. The van der Waals surface area contributed by atoms with Gasteiger partial charge < -0.3 is 5.73 Å². The molecular weight excluding hydrogens is 306 g/mol. The van der Waals surface area contributed by atoms with E-state index < -0.39 is 16.7 Å². The van der Waals surface area contributed by atoms with Crippen LogP contribution in [-0.2, 0) is 21.3 Å². The van der Waals surface area contributed by atoms with Gasteiger partial charge in [-0.05, 0) is 33.5 Å². The van der Waals surface area contributed by atoms with Crippen molar-refractivity contribution in [3.05, 3.63) is 72.3 Å². The van der Waals surface area contributed by atoms with Gasteiger partial charge in [0.05, 0.1) is 0 Å². The summed E-state index contributed by atoms with van der Waals surface area (Å²) in [6, 6.07) is 22.3. The fraction of sp³-hybridized carbons (Fsp3) is 0.105. The Kier molecular flexibility index (Phi) is 4.53. The molecule has 0 fully saturated rings. The van der Waals surface area contributed by atoms with Crippen molar-refractivity contribution in [1.29, 1.82) is 0 Å². The summed E-state index contributed by atoms with van der Waals surface area (Å²) < 4.78 is 12.0. The van der Waals surface area contributed by atoms with Crippen LogP contribution in [0.15, 0.2) is 66.7 Å². The van der Waals surface area contributed by atoms with Gasteiger partial charge in [0.25, 0.3) is 0 Å². The van der Waals surface area contributed by atoms with Crippen LogP contribution in [0, 0.1) is 0 Å². The first-order chi connectivity index (χ1) is 11.1. The number of primary amides is 1. The zero-order valence-electron chi connectivity index (χ0n) is 12.6. The highest BCUT2D eigenvalue weighted by atomic mass is 32.2. The minimum Gasteiger partial charge on any atom is -0.369 e. The van der Waals surface area contributed by atoms with Gasteiger partial charge in [0, 0.05) is 16.6 Å². The lowest BCUT2D eigenvalue weighted by molar-refractivity contribution is -0.115. The van der Waals surface area contributed by atoms with Gasteiger partial charge in [-0.1, -0.05) is 60.7 Å². The molecule has 0 aliphatic rings. The second-order valence-corrected chi connectivity index (χ2v) is 6.87. The van der Waals surface area contributed by atoms with Crippen molar-refractivity contribution in [3.8, 4) is 11.1 Å². The van der Waals surface area contributed by atoms with E-state index in [1.54, 1.807) is 0 Å². The van der Waals surface area contributed by atoms with Gasteiger partial charge in [0.15, 0.2) is 0 Å². The second-order valence-electron chi connectivity index (χ2n) is 5.41. The summed E-state index contributed by atoms with van der Waals surface area (Å²) >= 11 is 0. The molecule has 3 aromatic carbocycles. The Hall–Kier alpha value is -2.46. The molecule has 0 saturated carbocycles. The summed E-state index contributed by atoms with van der Waals surface area (Å²) in [5, 5.41) is 2.35. The fourth-order valence-corrected chi connectivity index (χ4v) is 3.69. The molecule has 1 amide bonds. The van der Waals surface area contributed by atoms with Gasteiger partial charge in [-0.25, -0.2) is 0 Å². The standard InChI is InChI=1S/C19H17NO2S/c20-19(21)13-23(22)12-17-7-3-4-8-18(17)16-10-9-14-5-1-2-6-15(14)11-16/h1-11H,12-13H2,(H2,20,21)/t23-/m1/s1. The van der Waals surface area contributed by atoms with Gasteiger partial charge in [-0.3, -0.25) is 9.00 Å². The van der Waals surface area contributed by atoms with Gasteiger partial charge >= 0.3 is 0 Å². The molecule has 0 radical (unpaired) electrons. The third-order valence-electron chi connectivity index (χ3n) is 3.70. The second kappa shape index (κ2) is 6.75. The number of rotatable bonds is 5. The summed E-state index contributed by atoms with van der Waals surface area (Å²) in [4.78, 5) is 10.9. The van der Waals surface area contributed by atoms with E-state index in [1.807, 2.05) is 36.4 Å². The third kappa shape index (κ3) is 3.66. The lowest BCUT2D eigenvalue weighted by Crippen LogP contribution is -2.20. The molecule has 1 atom stereocenters. The molecule has 0 bridgehead atoms. The van der Waals surface area contributed by atoms with E-state index in [4.69, 9.17) is 5.73 Å². The molecule has 2 N–H and O–H groups in total. The Labute approximate surface area is 137 Å². The maximum absolute atomic E-state index is 12.0. The van der Waals surface area contributed by atoms with Gasteiger partial charge in [0.1, 0.15) is 5.75 Å². The maximum atomic E-state index is 12.0. The number of fused-ring (bicyclic) bond motifs is 1. The largest absolute Gasteiger partial charge is 0.369 e. The van der Waals surface area contributed by atoms with Crippen LogP contribution in [0.2, 0.25) is 0 Å². The summed E-state index contributed by atoms with van der Waals surface area (Å²) in [7, 11) is -1.29. The topological polar surface area (TPSA) is 60.2 Å². The molecule has 0 aliphatic heterocycles. The van der Waals surface area contributed by atoms with Crippen LogP contribution >= 0.6 is 0 Å². The maximum Gasteiger partial charge on any atom is 0.230 e. The Morgan fingerprint density at radius 3 is 2.39 bits per heavy atom. The molecule has 116 valence electrons. The number of carbonyl (C=O) groups excluding carboxylic acids is 1. The van der Waals surface area contributed by atoms with Crippen LogP contribution in [-0.4, -0.2) is 15.9 Å². The van der Waals surface area contributed by atoms with E-state index in [0.29, 0.717) is 5.75 Å². The van der Waals surface area contributed by atoms with Crippen LogP contribution < -0.4 is 5.73 Å². The van der Waals surface area contributed by atoms with E-state index in [2.05, 4.69) is 30.3 Å². The Morgan fingerprint density at radius 2 is 1.61 bits per heavy atom. The third-order valence-corrected chi connectivity index (χ3v) is 4.94. The SMILES string of the molecule is NC(=O)C[S@](=O)Cc1ccccc1-c1ccc2ccccc2c1. The molecule has 0 heterocycles. The first-order valence-corrected chi connectivity index (χ1v) is 8.82. The molecule has 0 saturated heterocycles. The number of amides is 1. The van der Waals surface area contributed by atoms with Crippen molar-refractivity contribution in [2.45, 2.75) is 5.75 Å². The molecular formula is C19H17NO2S. The number of benzene rings is 3. The van der Waals surface area contributed by atoms with Gasteiger partial charge in [-0.2, -0.15) is 0 Å². The molecule has 0 aliphatic carbocycles. The van der Waals surface area contributed by atoms with E-state index in [0.717, 1.165) is 22.1 Å². The quantitative estimate of drug-likeness (QED) is 0.783. The molecule has 0 spiro atoms. The minimum absolute atomic E-state index is 0.105. The number of carbonyl (C=O) groups is 1. The highest BCUT2D eigenvalue weighted by Gasteiger charge is 2.10. The van der Waals surface area contributed by atoms with E-state index >= 15 is 0 Å². The molecule has 23 heavy (non-hydrogen) atoms. The Balaban J connectivity index is 1.98. The lowest BCUT2D eigenvalue weighted by Gasteiger charge is -2.10. The molecule has 3 rings (SSSR count). The van der Waals surface area contributed by atoms with Crippen LogP contribution in [0.3, 0.4) is 0 Å². The summed E-state index contributed by atoms with van der Waals surface area (Å²) in [6.45, 7) is 0. The predicted octanol–water partition coefficient (Wildman–Crippen LogP) is 3.24. The first kappa shape index (κ1) is 15.4. The van der Waals surface area contributed by atoms with Crippen molar-refractivity contribution in [2.75, 3.05) is 5.75 Å². The van der Waals surface area contributed by atoms with E-state index in [1.165, 1.54) is 5.39 Å². The zero-order valence-corrected chi connectivity index (χ0v) is 13.4. The smallest absolute Gasteiger partial charge is 0.230 e. The number of nitrogens with two attached hydrogens (primary N) is 1. The normalized spacial score (nSPS) is 12.2. The average molecular weight is 323 g/mol. The van der Waals surface area contributed by atoms with Crippen LogP contribution in [0.5, 0.6) is 0 Å². The van der Waals surface area contributed by atoms with Crippen molar-refractivity contribution < 1.29 is 9.00 Å². The number of hydrogen-bond donors (Lipinski definition) is 1. The van der Waals surface area contributed by atoms with Crippen molar-refractivity contribution in [2.24, 2.45) is 5.73 Å². The van der Waals surface area contributed by atoms with Crippen molar-refractivity contribution >= 4 is 27.5 Å². The molecule has 4 heteroatoms. The van der Waals surface area contributed by atoms with Crippen LogP contribution in [0.1, 0.15) is 5.56 Å². The summed E-state index contributed by atoms with van der Waals surface area (Å²) in [6.07, 6.45) is 0. The molecule has 0 aromatic heterocycles. The molecule has 3 nitrogen and oxygen atoms in total. The zero-order chi connectivity index (χ0) is 16.2. The van der Waals surface area contributed by atoms with Gasteiger partial charge in [-0.15, -0.1) is 0 Å². The Morgan fingerprint density at radius 1 is 0.913 bits per heavy atom. The minimum atomic E-state index is -1.29. The summed E-state index contributed by atoms with van der Waals surface area (Å²) in [5.74, 6) is -0.315. The fourth-order valence-electron chi connectivity index (χ4n) is 2.67. The van der Waals surface area contributed by atoms with E-state index in [-0.39, 0.29) is 5.75 Å². The Bertz CT molecular complexity index is 889. The van der Waals surface area contributed by atoms with E-state index in [9.17, 15) is 9.00 Å². The van der Waals surface area contributed by atoms with Gasteiger partial charge in [0.2, 0.25) is 5.91 Å². The van der Waals surface area contributed by atoms with Crippen LogP contribution in [0.25, 0.3) is 21.9 Å².